The van der Waals surface area contributed by atoms with Gasteiger partial charge in [0.05, 0.1) is 35.4 Å². The Kier molecular flexibility index (Phi) is 3.94. The van der Waals surface area contributed by atoms with Gasteiger partial charge in [0.15, 0.2) is 5.65 Å². The van der Waals surface area contributed by atoms with Crippen LogP contribution < -0.4 is 4.74 Å². The van der Waals surface area contributed by atoms with E-state index in [1.807, 2.05) is 73.2 Å². The Morgan fingerprint density at radius 3 is 2.69 bits per heavy atom. The Bertz CT molecular complexity index is 1300. The Morgan fingerprint density at radius 2 is 1.97 bits per heavy atom. The lowest BCUT2D eigenvalue weighted by Crippen LogP contribution is -1.99. The maximum atomic E-state index is 5.73. The number of H-pyrrole nitrogens is 1. The predicted octanol–water partition coefficient (Wildman–Crippen LogP) is 4.20. The van der Waals surface area contributed by atoms with Gasteiger partial charge < -0.3 is 9.72 Å². The molecule has 7 heteroatoms. The normalized spacial score (nSPS) is 11.3. The number of fused-ring (bicyclic) bond motifs is 1. The quantitative estimate of drug-likeness (QED) is 0.504. The zero-order valence-electron chi connectivity index (χ0n) is 16.4. The Balaban J connectivity index is 1.75. The number of hydrogen-bond acceptors (Lipinski definition) is 4. The zero-order chi connectivity index (χ0) is 20.0. The highest BCUT2D eigenvalue weighted by Crippen LogP contribution is 2.37. The summed E-state index contributed by atoms with van der Waals surface area (Å²) in [5.74, 6) is 0.751. The van der Waals surface area contributed by atoms with Crippen molar-refractivity contribution in [3.63, 3.8) is 0 Å². The molecule has 29 heavy (non-hydrogen) atoms. The topological polar surface area (TPSA) is 73.0 Å². The smallest absolute Gasteiger partial charge is 0.164 e. The fourth-order valence-electron chi connectivity index (χ4n) is 3.69. The van der Waals surface area contributed by atoms with Crippen LogP contribution in [0.4, 0.5) is 0 Å². The summed E-state index contributed by atoms with van der Waals surface area (Å²) in [6.07, 6.45) is 5.57. The molecule has 0 fully saturated rings. The largest absolute Gasteiger partial charge is 0.496 e. The zero-order valence-corrected chi connectivity index (χ0v) is 16.4. The summed E-state index contributed by atoms with van der Waals surface area (Å²) < 4.78 is 9.43. The van der Waals surface area contributed by atoms with Gasteiger partial charge in [0.2, 0.25) is 0 Å². The molecule has 0 saturated carbocycles. The lowest BCUT2D eigenvalue weighted by Gasteiger charge is -2.11. The van der Waals surface area contributed by atoms with Crippen LogP contribution in [0.5, 0.6) is 5.75 Å². The highest BCUT2D eigenvalue weighted by molar-refractivity contribution is 5.85. The van der Waals surface area contributed by atoms with Crippen LogP contribution in [0.3, 0.4) is 0 Å². The number of hydrogen-bond donors (Lipinski definition) is 1. The molecule has 144 valence electrons. The average molecular weight is 384 g/mol. The second-order valence-electron chi connectivity index (χ2n) is 6.90. The second-order valence-corrected chi connectivity index (χ2v) is 6.90. The van der Waals surface area contributed by atoms with Gasteiger partial charge in [0.25, 0.3) is 0 Å². The number of aromatic nitrogens is 6. The van der Waals surface area contributed by atoms with Crippen LogP contribution >= 0.6 is 0 Å². The molecule has 0 spiro atoms. The molecule has 0 radical (unpaired) electrons. The van der Waals surface area contributed by atoms with Gasteiger partial charge in [-0.05, 0) is 50.2 Å². The summed E-state index contributed by atoms with van der Waals surface area (Å²) in [5, 5.41) is 9.10. The fraction of sp³-hybridized carbons (Fsp3) is 0.136. The van der Waals surface area contributed by atoms with Gasteiger partial charge in [0, 0.05) is 35.9 Å². The molecule has 1 N–H and O–H groups in total. The number of benzene rings is 1. The molecule has 7 nitrogen and oxygen atoms in total. The molecule has 4 heterocycles. The fourth-order valence-corrected chi connectivity index (χ4v) is 3.69. The Labute approximate surface area is 167 Å². The van der Waals surface area contributed by atoms with Crippen molar-refractivity contribution in [3.05, 3.63) is 72.4 Å². The third-order valence-electron chi connectivity index (χ3n) is 4.99. The van der Waals surface area contributed by atoms with Gasteiger partial charge >= 0.3 is 0 Å². The number of aryl methyl sites for hydroxylation is 2. The molecular formula is C22H20N6O. The molecule has 0 aliphatic rings. The number of nitrogens with one attached hydrogen (secondary N) is 1. The summed E-state index contributed by atoms with van der Waals surface area (Å²) in [5.41, 5.74) is 7.43. The third-order valence-corrected chi connectivity index (χ3v) is 4.99. The summed E-state index contributed by atoms with van der Waals surface area (Å²) in [6, 6.07) is 14.0. The Morgan fingerprint density at radius 1 is 1.07 bits per heavy atom. The molecular weight excluding hydrogens is 364 g/mol. The van der Waals surface area contributed by atoms with E-state index in [1.54, 1.807) is 18.0 Å². The van der Waals surface area contributed by atoms with Crippen LogP contribution in [-0.4, -0.2) is 36.5 Å². The summed E-state index contributed by atoms with van der Waals surface area (Å²) in [6.45, 7) is 4.00. The van der Waals surface area contributed by atoms with E-state index < -0.39 is 0 Å². The van der Waals surface area contributed by atoms with E-state index in [1.165, 1.54) is 0 Å². The van der Waals surface area contributed by atoms with Gasteiger partial charge in [-0.2, -0.15) is 10.2 Å². The van der Waals surface area contributed by atoms with Crippen LogP contribution in [0, 0.1) is 13.8 Å². The van der Waals surface area contributed by atoms with Gasteiger partial charge in [-0.25, -0.2) is 14.2 Å². The number of ether oxygens (including phenoxy) is 1. The highest BCUT2D eigenvalue weighted by atomic mass is 16.5. The summed E-state index contributed by atoms with van der Waals surface area (Å²) in [7, 11) is 1.68. The van der Waals surface area contributed by atoms with E-state index >= 15 is 0 Å². The van der Waals surface area contributed by atoms with Crippen molar-refractivity contribution in [2.45, 2.75) is 13.8 Å². The number of rotatable bonds is 4. The van der Waals surface area contributed by atoms with Crippen LogP contribution in [0.1, 0.15) is 11.4 Å². The van der Waals surface area contributed by atoms with E-state index in [0.29, 0.717) is 0 Å². The third kappa shape index (κ3) is 2.79. The van der Waals surface area contributed by atoms with E-state index in [-0.39, 0.29) is 0 Å². The van der Waals surface area contributed by atoms with Gasteiger partial charge in [-0.15, -0.1) is 0 Å². The van der Waals surface area contributed by atoms with Crippen LogP contribution in [0.2, 0.25) is 0 Å². The molecule has 0 aliphatic heterocycles. The van der Waals surface area contributed by atoms with Crippen LogP contribution in [0.15, 0.2) is 61.1 Å². The average Bonchev–Trinajstić information content (AvgIpc) is 3.48. The molecule has 4 aromatic heterocycles. The van der Waals surface area contributed by atoms with Crippen molar-refractivity contribution in [2.24, 2.45) is 0 Å². The van der Waals surface area contributed by atoms with Crippen LogP contribution in [-0.2, 0) is 0 Å². The standard InChI is InChI=1S/C22H20N6O/c1-14-12-19(18-6-4-9-23-18)28-22(25-14)21(15(2)26-28)17-8-7-16(13-20(17)29-3)27-11-5-10-24-27/h4-13,23H,1-3H3. The van der Waals surface area contributed by atoms with Gasteiger partial charge in [-0.1, -0.05) is 0 Å². The maximum absolute atomic E-state index is 5.73. The molecule has 1 aromatic carbocycles. The highest BCUT2D eigenvalue weighted by Gasteiger charge is 2.20. The minimum Gasteiger partial charge on any atom is -0.496 e. The number of nitrogens with zero attached hydrogens (tertiary/aromatic N) is 5. The molecule has 5 aromatic rings. The predicted molar refractivity (Wildman–Crippen MR) is 111 cm³/mol. The monoisotopic (exact) mass is 384 g/mol. The maximum Gasteiger partial charge on any atom is 0.164 e. The van der Waals surface area contributed by atoms with Gasteiger partial charge in [0.1, 0.15) is 5.75 Å². The first-order valence-corrected chi connectivity index (χ1v) is 9.35. The lowest BCUT2D eigenvalue weighted by molar-refractivity contribution is 0.416. The van der Waals surface area contributed by atoms with Crippen molar-refractivity contribution < 1.29 is 4.74 Å². The first kappa shape index (κ1) is 17.2. The first-order chi connectivity index (χ1) is 14.2. The first-order valence-electron chi connectivity index (χ1n) is 9.35. The van der Waals surface area contributed by atoms with Crippen LogP contribution in [0.25, 0.3) is 33.8 Å². The van der Waals surface area contributed by atoms with E-state index in [0.717, 1.165) is 51.0 Å². The molecule has 5 rings (SSSR count). The summed E-state index contributed by atoms with van der Waals surface area (Å²) in [4.78, 5) is 8.07. The number of aromatic amines is 1. The van der Waals surface area contributed by atoms with Gasteiger partial charge in [-0.3, -0.25) is 0 Å². The second kappa shape index (κ2) is 6.63. The molecule has 0 saturated heterocycles. The summed E-state index contributed by atoms with van der Waals surface area (Å²) >= 11 is 0. The van der Waals surface area contributed by atoms with Crippen molar-refractivity contribution >= 4 is 5.65 Å². The molecule has 0 unspecified atom stereocenters. The minimum absolute atomic E-state index is 0.751. The molecule has 0 amide bonds. The van der Waals surface area contributed by atoms with Crippen molar-refractivity contribution in [3.8, 4) is 34.0 Å². The number of methoxy groups -OCH3 is 1. The molecule has 0 bridgehead atoms. The molecule has 0 aliphatic carbocycles. The SMILES string of the molecule is COc1cc(-n2cccn2)ccc1-c1c(C)nn2c(-c3ccc[nH]3)cc(C)nc12. The lowest BCUT2D eigenvalue weighted by atomic mass is 10.0. The van der Waals surface area contributed by atoms with Crippen molar-refractivity contribution in [1.29, 1.82) is 0 Å². The minimum atomic E-state index is 0.751. The Hall–Kier alpha value is -3.87. The van der Waals surface area contributed by atoms with E-state index in [4.69, 9.17) is 14.8 Å². The van der Waals surface area contributed by atoms with Crippen molar-refractivity contribution in [1.82, 2.24) is 29.4 Å². The van der Waals surface area contributed by atoms with Crippen molar-refractivity contribution in [2.75, 3.05) is 7.11 Å². The van der Waals surface area contributed by atoms with E-state index in [2.05, 4.69) is 10.1 Å². The van der Waals surface area contributed by atoms with E-state index in [9.17, 15) is 0 Å². The molecule has 0 atom stereocenters.